The number of methoxy groups -OCH3 is 1. The highest BCUT2D eigenvalue weighted by Crippen LogP contribution is 2.43. The Morgan fingerprint density at radius 1 is 1.07 bits per heavy atom. The average Bonchev–Trinajstić information content (AvgIpc) is 3.12. The van der Waals surface area contributed by atoms with Crippen molar-refractivity contribution in [1.29, 1.82) is 0 Å². The molecule has 1 saturated heterocycles. The fraction of sp³-hybridized carbons (Fsp3) is 0.294. The summed E-state index contributed by atoms with van der Waals surface area (Å²) in [4.78, 5) is 75.1. The van der Waals surface area contributed by atoms with Crippen LogP contribution in [0.25, 0.3) is 0 Å². The van der Waals surface area contributed by atoms with E-state index in [1.165, 1.54) is 24.1 Å². The van der Waals surface area contributed by atoms with Crippen molar-refractivity contribution in [2.24, 2.45) is 0 Å². The van der Waals surface area contributed by atoms with E-state index in [4.69, 9.17) is 32.6 Å². The molecule has 2 aliphatic rings. The zero-order valence-electron chi connectivity index (χ0n) is 29.0. The first-order valence-electron chi connectivity index (χ1n) is 16.1. The van der Waals surface area contributed by atoms with Crippen LogP contribution in [0.1, 0.15) is 56.8 Å². The summed E-state index contributed by atoms with van der Waals surface area (Å²) in [5.74, 6) is -11.1. The Hall–Kier alpha value is -5.53. The van der Waals surface area contributed by atoms with E-state index < -0.39 is 106 Å². The lowest BCUT2D eigenvalue weighted by molar-refractivity contribution is -0.153. The number of carboxylic acids is 1. The number of carbonyl (C=O) groups excluding carboxylic acids is 5. The standard InChI is InChI=1S/C25H23BClF2N3O10.C9H8ClFO2/c1-2-31-5-6-32(23(37)22(31)36)25(40)30-19(16-13(29)9-15(34)20(35)18(16)27)14(33)8-11-7-10-3-4-12(28)17(24(38)39)21(10)42-26(11)41;1-5-3-7(11)6(4-12)8(10)9(5)13-2/h3-4,9,11,19,34-35,41H,2,5-8H2,1H3,(H,30,40)(H,38,39);3-4H,1-2H3/t11-,19+;/m1./s1. The normalized spacial score (nSPS) is 15.7. The number of aromatic carboxylic acids is 1. The number of carbonyl (C=O) groups is 6. The van der Waals surface area contributed by atoms with Crippen molar-refractivity contribution in [2.75, 3.05) is 26.7 Å². The summed E-state index contributed by atoms with van der Waals surface area (Å²) in [5.41, 5.74) is -1.06. The number of ether oxygens (including phenoxy) is 1. The average molecular weight is 812 g/mol. The summed E-state index contributed by atoms with van der Waals surface area (Å²) in [6.07, 6.45) is -0.495. The largest absolute Gasteiger partial charge is 0.535 e. The Labute approximate surface area is 320 Å². The number of imide groups is 1. The monoisotopic (exact) mass is 811 g/mol. The molecule has 4 amide bonds. The number of ketones is 1. The van der Waals surface area contributed by atoms with E-state index in [1.54, 1.807) is 13.8 Å². The summed E-state index contributed by atoms with van der Waals surface area (Å²) in [7, 11) is -0.423. The molecular formula is C34H31BCl2F3N3O12. The molecule has 292 valence electrons. The maximum atomic E-state index is 15.1. The number of urea groups is 1. The highest BCUT2D eigenvalue weighted by atomic mass is 35.5. The minimum Gasteiger partial charge on any atom is -0.535 e. The molecule has 5 N–H and O–H groups in total. The van der Waals surface area contributed by atoms with Crippen LogP contribution in [-0.2, 0) is 20.8 Å². The van der Waals surface area contributed by atoms with E-state index in [2.05, 4.69) is 5.32 Å². The molecule has 2 aliphatic heterocycles. The van der Waals surface area contributed by atoms with E-state index in [0.29, 0.717) is 28.6 Å². The topological polar surface area (TPSA) is 220 Å². The minimum absolute atomic E-state index is 0.00778. The number of nitrogens with one attached hydrogen (secondary N) is 1. The zero-order valence-corrected chi connectivity index (χ0v) is 30.5. The predicted molar refractivity (Wildman–Crippen MR) is 187 cm³/mol. The highest BCUT2D eigenvalue weighted by Gasteiger charge is 2.43. The molecule has 0 spiro atoms. The number of piperazine rings is 1. The lowest BCUT2D eigenvalue weighted by atomic mass is 9.64. The lowest BCUT2D eigenvalue weighted by Gasteiger charge is -2.33. The molecule has 0 unspecified atom stereocenters. The number of benzene rings is 3. The molecule has 0 radical (unpaired) electrons. The van der Waals surface area contributed by atoms with Crippen molar-refractivity contribution in [1.82, 2.24) is 15.1 Å². The summed E-state index contributed by atoms with van der Waals surface area (Å²) in [6.45, 7) is 3.22. The van der Waals surface area contributed by atoms with Gasteiger partial charge < -0.3 is 40.0 Å². The molecule has 0 aromatic heterocycles. The third kappa shape index (κ3) is 8.58. The first-order valence-corrected chi connectivity index (χ1v) is 16.8. The van der Waals surface area contributed by atoms with Gasteiger partial charge in [0.2, 0.25) is 0 Å². The Kier molecular flexibility index (Phi) is 13.3. The van der Waals surface area contributed by atoms with Crippen molar-refractivity contribution >= 4 is 66.2 Å². The third-order valence-corrected chi connectivity index (χ3v) is 9.49. The number of phenols is 2. The van der Waals surface area contributed by atoms with Crippen LogP contribution in [0, 0.1) is 24.4 Å². The first kappa shape index (κ1) is 42.2. The Balaban J connectivity index is 0.000000437. The summed E-state index contributed by atoms with van der Waals surface area (Å²) < 4.78 is 52.4. The molecule has 5 rings (SSSR count). The summed E-state index contributed by atoms with van der Waals surface area (Å²) >= 11 is 11.8. The number of halogens is 5. The Morgan fingerprint density at radius 2 is 1.75 bits per heavy atom. The second-order valence-corrected chi connectivity index (χ2v) is 12.8. The molecule has 2 atom stereocenters. The summed E-state index contributed by atoms with van der Waals surface area (Å²) in [6, 6.07) is 0.448. The maximum absolute atomic E-state index is 15.1. The third-order valence-electron chi connectivity index (χ3n) is 8.73. The van der Waals surface area contributed by atoms with Gasteiger partial charge in [-0.15, -0.1) is 0 Å². The number of phenolic OH excluding ortho intramolecular Hbond substituents is 2. The number of aromatic hydroxyl groups is 2. The van der Waals surface area contributed by atoms with Gasteiger partial charge in [-0.25, -0.2) is 22.8 Å². The number of aryl methyl sites for hydroxylation is 1. The molecule has 1 fully saturated rings. The molecule has 0 saturated carbocycles. The lowest BCUT2D eigenvalue weighted by Crippen LogP contribution is -2.58. The fourth-order valence-corrected chi connectivity index (χ4v) is 6.56. The molecule has 55 heavy (non-hydrogen) atoms. The van der Waals surface area contributed by atoms with Gasteiger partial charge in [0.15, 0.2) is 23.6 Å². The van der Waals surface area contributed by atoms with Crippen LogP contribution in [0.3, 0.4) is 0 Å². The van der Waals surface area contributed by atoms with Crippen molar-refractivity contribution in [3.05, 3.63) is 79.6 Å². The smallest absolute Gasteiger partial charge is 0.526 e. The van der Waals surface area contributed by atoms with Gasteiger partial charge in [-0.1, -0.05) is 29.3 Å². The predicted octanol–water partition coefficient (Wildman–Crippen LogP) is 4.22. The second-order valence-electron chi connectivity index (χ2n) is 12.1. The van der Waals surface area contributed by atoms with Crippen LogP contribution in [0.15, 0.2) is 24.3 Å². The Morgan fingerprint density at radius 3 is 2.35 bits per heavy atom. The van der Waals surface area contributed by atoms with Gasteiger partial charge in [-0.3, -0.25) is 24.1 Å². The number of carboxylic acid groups (broad SMARTS) is 1. The van der Waals surface area contributed by atoms with Crippen molar-refractivity contribution in [3.8, 4) is 23.0 Å². The van der Waals surface area contributed by atoms with Gasteiger partial charge in [0.25, 0.3) is 0 Å². The van der Waals surface area contributed by atoms with Crippen LogP contribution in [0.2, 0.25) is 15.9 Å². The van der Waals surface area contributed by atoms with E-state index in [1.807, 2.05) is 0 Å². The van der Waals surface area contributed by atoms with Crippen molar-refractivity contribution in [3.63, 3.8) is 0 Å². The van der Waals surface area contributed by atoms with Crippen LogP contribution in [-0.4, -0.2) is 99.9 Å². The SMILES string of the molecule is CCN1CCN(C(=O)N[C@@H](C(=O)C[C@H]2Cc3ccc(F)c(C(=O)O)c3OB2O)c2c(F)cc(O)c(O)c2Cl)C(=O)C1=O.COc1c(C)cc(F)c(C=O)c1Cl. The number of aldehydes is 1. The van der Waals surface area contributed by atoms with Gasteiger partial charge >= 0.3 is 30.9 Å². The maximum Gasteiger partial charge on any atom is 0.526 e. The number of Topliss-reactive ketones (excluding diaryl/α,β-unsaturated/α-hetero) is 1. The van der Waals surface area contributed by atoms with Crippen LogP contribution < -0.4 is 14.7 Å². The molecule has 0 aliphatic carbocycles. The van der Waals surface area contributed by atoms with E-state index in [0.717, 1.165) is 6.07 Å². The van der Waals surface area contributed by atoms with E-state index in [9.17, 15) is 57.9 Å². The number of hydrogen-bond donors (Lipinski definition) is 5. The van der Waals surface area contributed by atoms with E-state index >= 15 is 4.39 Å². The van der Waals surface area contributed by atoms with Gasteiger partial charge in [0.1, 0.15) is 40.6 Å². The molecule has 2 heterocycles. The second kappa shape index (κ2) is 17.3. The number of amides is 4. The van der Waals surface area contributed by atoms with Crippen LogP contribution in [0.5, 0.6) is 23.0 Å². The molecule has 21 heteroatoms. The number of rotatable bonds is 9. The van der Waals surface area contributed by atoms with Crippen LogP contribution >= 0.6 is 23.2 Å². The van der Waals surface area contributed by atoms with Crippen molar-refractivity contribution in [2.45, 2.75) is 38.5 Å². The van der Waals surface area contributed by atoms with E-state index in [-0.39, 0.29) is 42.2 Å². The highest BCUT2D eigenvalue weighted by molar-refractivity contribution is 6.47. The number of hydrogen-bond acceptors (Lipinski definition) is 11. The number of nitrogens with zero attached hydrogens (tertiary/aromatic N) is 2. The molecule has 0 bridgehead atoms. The van der Waals surface area contributed by atoms with Crippen LogP contribution in [0.4, 0.5) is 18.0 Å². The number of likely N-dealkylation sites (N-methyl/N-ethyl adjacent to an activating group) is 1. The molecular weight excluding hydrogens is 781 g/mol. The number of fused-ring (bicyclic) bond motifs is 1. The summed E-state index contributed by atoms with van der Waals surface area (Å²) in [5, 5.41) is 41.1. The molecule has 3 aromatic carbocycles. The van der Waals surface area contributed by atoms with Gasteiger partial charge in [0.05, 0.1) is 22.7 Å². The molecule has 3 aromatic rings. The quantitative estimate of drug-likeness (QED) is 0.0888. The fourth-order valence-electron chi connectivity index (χ4n) is 5.90. The first-order chi connectivity index (χ1) is 25.9. The van der Waals surface area contributed by atoms with Gasteiger partial charge in [-0.05, 0) is 43.5 Å². The van der Waals surface area contributed by atoms with Gasteiger partial charge in [0, 0.05) is 43.5 Å². The molecule has 15 nitrogen and oxygen atoms in total. The minimum atomic E-state index is -2.01. The Bertz CT molecular complexity index is 2090. The zero-order chi connectivity index (χ0) is 41.0. The van der Waals surface area contributed by atoms with Gasteiger partial charge in [-0.2, -0.15) is 0 Å². The van der Waals surface area contributed by atoms with Crippen molar-refractivity contribution < 1.29 is 71.7 Å².